The van der Waals surface area contributed by atoms with Crippen LogP contribution in [0.4, 0.5) is 5.69 Å². The highest BCUT2D eigenvalue weighted by Crippen LogP contribution is 2.31. The third-order valence-corrected chi connectivity index (χ3v) is 4.26. The van der Waals surface area contributed by atoms with E-state index < -0.39 is 5.97 Å². The van der Waals surface area contributed by atoms with Crippen molar-refractivity contribution in [2.24, 2.45) is 0 Å². The average molecular weight is 344 g/mol. The minimum absolute atomic E-state index is 0.00206. The van der Waals surface area contributed by atoms with Crippen LogP contribution < -0.4 is 5.32 Å². The number of para-hydroxylation sites is 1. The molecule has 0 unspecified atom stereocenters. The SMILES string of the molecule is O=C(O)CCc1ccccc1NC(=O)c1cc(Cl)sc1Cl. The minimum atomic E-state index is -0.885. The Kier molecular flexibility index (Phi) is 5.22. The second-order valence-electron chi connectivity index (χ2n) is 4.24. The quantitative estimate of drug-likeness (QED) is 0.849. The van der Waals surface area contributed by atoms with Gasteiger partial charge in [0.15, 0.2) is 0 Å². The molecule has 0 saturated carbocycles. The minimum Gasteiger partial charge on any atom is -0.481 e. The van der Waals surface area contributed by atoms with Crippen molar-refractivity contribution in [3.8, 4) is 0 Å². The van der Waals surface area contributed by atoms with Crippen LogP contribution in [0, 0.1) is 0 Å². The summed E-state index contributed by atoms with van der Waals surface area (Å²) in [7, 11) is 0. The first kappa shape index (κ1) is 15.8. The predicted molar refractivity (Wildman–Crippen MR) is 84.7 cm³/mol. The molecule has 0 bridgehead atoms. The number of carbonyl (C=O) groups is 2. The lowest BCUT2D eigenvalue weighted by Crippen LogP contribution is -2.13. The number of carboxylic acid groups (broad SMARTS) is 1. The van der Waals surface area contributed by atoms with E-state index in [9.17, 15) is 9.59 Å². The fraction of sp³-hybridized carbons (Fsp3) is 0.143. The largest absolute Gasteiger partial charge is 0.481 e. The Morgan fingerprint density at radius 2 is 1.95 bits per heavy atom. The van der Waals surface area contributed by atoms with Crippen LogP contribution in [0.25, 0.3) is 0 Å². The van der Waals surface area contributed by atoms with Gasteiger partial charge in [-0.25, -0.2) is 0 Å². The zero-order valence-electron chi connectivity index (χ0n) is 10.7. The molecule has 110 valence electrons. The summed E-state index contributed by atoms with van der Waals surface area (Å²) in [5, 5.41) is 11.5. The lowest BCUT2D eigenvalue weighted by atomic mass is 10.1. The van der Waals surface area contributed by atoms with E-state index in [1.807, 2.05) is 0 Å². The van der Waals surface area contributed by atoms with Crippen molar-refractivity contribution in [1.82, 2.24) is 0 Å². The number of carboxylic acids is 1. The number of anilines is 1. The number of hydrogen-bond donors (Lipinski definition) is 2. The molecular formula is C14H11Cl2NO3S. The van der Waals surface area contributed by atoms with E-state index in [1.54, 1.807) is 24.3 Å². The van der Waals surface area contributed by atoms with Crippen molar-refractivity contribution >= 4 is 52.1 Å². The van der Waals surface area contributed by atoms with Gasteiger partial charge in [-0.05, 0) is 24.1 Å². The summed E-state index contributed by atoms with van der Waals surface area (Å²) >= 11 is 12.9. The molecule has 1 aromatic carbocycles. The number of carbonyl (C=O) groups excluding carboxylic acids is 1. The maximum Gasteiger partial charge on any atom is 0.303 e. The Morgan fingerprint density at radius 1 is 1.24 bits per heavy atom. The smallest absolute Gasteiger partial charge is 0.303 e. The molecule has 1 aromatic heterocycles. The summed E-state index contributed by atoms with van der Waals surface area (Å²) in [5.74, 6) is -1.25. The van der Waals surface area contributed by atoms with E-state index in [0.29, 0.717) is 26.3 Å². The highest BCUT2D eigenvalue weighted by molar-refractivity contribution is 7.20. The van der Waals surface area contributed by atoms with Gasteiger partial charge in [0.1, 0.15) is 4.34 Å². The normalized spacial score (nSPS) is 10.4. The van der Waals surface area contributed by atoms with Gasteiger partial charge in [-0.1, -0.05) is 41.4 Å². The highest BCUT2D eigenvalue weighted by atomic mass is 35.5. The number of benzene rings is 1. The third kappa shape index (κ3) is 4.20. The lowest BCUT2D eigenvalue weighted by Gasteiger charge is -2.10. The molecule has 1 heterocycles. The topological polar surface area (TPSA) is 66.4 Å². The molecule has 7 heteroatoms. The van der Waals surface area contributed by atoms with Gasteiger partial charge >= 0.3 is 5.97 Å². The summed E-state index contributed by atoms with van der Waals surface area (Å²) < 4.78 is 0.754. The average Bonchev–Trinajstić information content (AvgIpc) is 2.76. The van der Waals surface area contributed by atoms with Crippen molar-refractivity contribution < 1.29 is 14.7 Å². The third-order valence-electron chi connectivity index (χ3n) is 2.78. The van der Waals surface area contributed by atoms with Crippen LogP contribution in [0.1, 0.15) is 22.3 Å². The van der Waals surface area contributed by atoms with Gasteiger partial charge in [-0.3, -0.25) is 9.59 Å². The number of aryl methyl sites for hydroxylation is 1. The number of aliphatic carboxylic acids is 1. The standard InChI is InChI=1S/C14H11Cl2NO3S/c15-11-7-9(13(16)21-11)14(20)17-10-4-2-1-3-8(10)5-6-12(18)19/h1-4,7H,5-6H2,(H,17,20)(H,18,19). The van der Waals surface area contributed by atoms with Gasteiger partial charge in [0.2, 0.25) is 0 Å². The number of thiophene rings is 1. The Balaban J connectivity index is 2.17. The van der Waals surface area contributed by atoms with Gasteiger partial charge in [0.25, 0.3) is 5.91 Å². The van der Waals surface area contributed by atoms with E-state index in [4.69, 9.17) is 28.3 Å². The number of nitrogens with one attached hydrogen (secondary N) is 1. The van der Waals surface area contributed by atoms with Crippen LogP contribution in [0.5, 0.6) is 0 Å². The fourth-order valence-corrected chi connectivity index (χ4v) is 3.24. The molecule has 0 aliphatic rings. The van der Waals surface area contributed by atoms with Crippen molar-refractivity contribution in [3.63, 3.8) is 0 Å². The van der Waals surface area contributed by atoms with Gasteiger partial charge < -0.3 is 10.4 Å². The first-order chi connectivity index (χ1) is 9.97. The number of halogens is 2. The first-order valence-electron chi connectivity index (χ1n) is 6.03. The molecule has 0 spiro atoms. The highest BCUT2D eigenvalue weighted by Gasteiger charge is 2.15. The van der Waals surface area contributed by atoms with Gasteiger partial charge in [-0.15, -0.1) is 11.3 Å². The summed E-state index contributed by atoms with van der Waals surface area (Å²) in [6.07, 6.45) is 0.335. The predicted octanol–water partition coefficient (Wildman–Crippen LogP) is 4.32. The van der Waals surface area contributed by atoms with E-state index in [-0.39, 0.29) is 12.3 Å². The van der Waals surface area contributed by atoms with Crippen LogP contribution in [-0.4, -0.2) is 17.0 Å². The Labute approximate surface area is 135 Å². The Bertz CT molecular complexity index is 685. The molecule has 0 aliphatic heterocycles. The van der Waals surface area contributed by atoms with E-state index >= 15 is 0 Å². The maximum atomic E-state index is 12.2. The molecule has 0 atom stereocenters. The summed E-state index contributed by atoms with van der Waals surface area (Å²) in [5.41, 5.74) is 1.63. The van der Waals surface area contributed by atoms with Crippen LogP contribution in [0.3, 0.4) is 0 Å². The lowest BCUT2D eigenvalue weighted by molar-refractivity contribution is -0.136. The molecule has 1 amide bonds. The van der Waals surface area contributed by atoms with Gasteiger partial charge in [0, 0.05) is 12.1 Å². The summed E-state index contributed by atoms with van der Waals surface area (Å²) in [6.45, 7) is 0. The van der Waals surface area contributed by atoms with Crippen molar-refractivity contribution in [2.45, 2.75) is 12.8 Å². The first-order valence-corrected chi connectivity index (χ1v) is 7.60. The van der Waals surface area contributed by atoms with E-state index in [2.05, 4.69) is 5.32 Å². The van der Waals surface area contributed by atoms with Crippen molar-refractivity contribution in [2.75, 3.05) is 5.32 Å². The van der Waals surface area contributed by atoms with E-state index in [0.717, 1.165) is 16.9 Å². The number of rotatable bonds is 5. The van der Waals surface area contributed by atoms with Gasteiger partial charge in [-0.2, -0.15) is 0 Å². The number of amides is 1. The fourth-order valence-electron chi connectivity index (χ4n) is 1.79. The molecule has 0 radical (unpaired) electrons. The molecule has 21 heavy (non-hydrogen) atoms. The van der Waals surface area contributed by atoms with Crippen LogP contribution >= 0.6 is 34.5 Å². The Morgan fingerprint density at radius 3 is 2.57 bits per heavy atom. The molecule has 2 rings (SSSR count). The summed E-state index contributed by atoms with van der Waals surface area (Å²) in [6, 6.07) is 8.56. The maximum absolute atomic E-state index is 12.2. The van der Waals surface area contributed by atoms with Crippen LogP contribution in [-0.2, 0) is 11.2 Å². The van der Waals surface area contributed by atoms with Crippen molar-refractivity contribution in [1.29, 1.82) is 0 Å². The zero-order valence-corrected chi connectivity index (χ0v) is 13.1. The molecule has 2 aromatic rings. The molecule has 0 aliphatic carbocycles. The molecule has 2 N–H and O–H groups in total. The molecule has 4 nitrogen and oxygen atoms in total. The second kappa shape index (κ2) is 6.93. The Hall–Kier alpha value is -1.56. The van der Waals surface area contributed by atoms with Crippen LogP contribution in [0.2, 0.25) is 8.67 Å². The number of hydrogen-bond acceptors (Lipinski definition) is 3. The van der Waals surface area contributed by atoms with Crippen LogP contribution in [0.15, 0.2) is 30.3 Å². The summed E-state index contributed by atoms with van der Waals surface area (Å²) in [4.78, 5) is 22.8. The van der Waals surface area contributed by atoms with Crippen molar-refractivity contribution in [3.05, 3.63) is 50.1 Å². The second-order valence-corrected chi connectivity index (χ2v) is 6.53. The zero-order chi connectivity index (χ0) is 15.4. The molecule has 0 saturated heterocycles. The molecule has 0 fully saturated rings. The van der Waals surface area contributed by atoms with E-state index in [1.165, 1.54) is 6.07 Å². The monoisotopic (exact) mass is 343 g/mol. The van der Waals surface area contributed by atoms with Gasteiger partial charge in [0.05, 0.1) is 9.90 Å². The molecular weight excluding hydrogens is 333 g/mol.